The molecule has 0 bridgehead atoms. The topological polar surface area (TPSA) is 89.9 Å². The Morgan fingerprint density at radius 2 is 1.82 bits per heavy atom. The molecule has 3 N–H and O–H groups in total. The Hall–Kier alpha value is -1.35. The minimum absolute atomic E-state index is 0.00565. The lowest BCUT2D eigenvalue weighted by molar-refractivity contribution is -0.192. The summed E-state index contributed by atoms with van der Waals surface area (Å²) in [6.45, 7) is 6.41. The molecule has 0 aromatic rings. The van der Waals surface area contributed by atoms with E-state index >= 15 is 0 Å². The molecule has 1 unspecified atom stereocenters. The van der Waals surface area contributed by atoms with Gasteiger partial charge in [0.05, 0.1) is 12.1 Å². The van der Waals surface area contributed by atoms with Crippen LogP contribution in [0, 0.1) is 5.41 Å². The Kier molecular flexibility index (Phi) is 5.80. The quantitative estimate of drug-likeness (QED) is 0.657. The van der Waals surface area contributed by atoms with Gasteiger partial charge in [-0.1, -0.05) is 13.8 Å². The van der Waals surface area contributed by atoms with E-state index in [-0.39, 0.29) is 23.5 Å². The van der Waals surface area contributed by atoms with Crippen molar-refractivity contribution in [3.63, 3.8) is 0 Å². The Bertz CT molecular complexity index is 422. The number of carboxylic acids is 1. The fourth-order valence-corrected chi connectivity index (χ4v) is 2.49. The van der Waals surface area contributed by atoms with Crippen LogP contribution in [0.5, 0.6) is 0 Å². The van der Waals surface area contributed by atoms with E-state index in [1.165, 1.54) is 0 Å². The largest absolute Gasteiger partial charge is 0.490 e. The van der Waals surface area contributed by atoms with Gasteiger partial charge in [0.1, 0.15) is 0 Å². The number of carboxylic acid groups (broad SMARTS) is 1. The molecule has 1 amide bonds. The molecule has 0 radical (unpaired) electrons. The molecule has 2 atom stereocenters. The van der Waals surface area contributed by atoms with Gasteiger partial charge >= 0.3 is 12.1 Å². The smallest absolute Gasteiger partial charge is 0.475 e. The monoisotopic (exact) mass is 326 g/mol. The Balaban J connectivity index is 0.000000295. The van der Waals surface area contributed by atoms with E-state index in [1.807, 2.05) is 4.90 Å². The number of aliphatic carboxylic acids is 1. The summed E-state index contributed by atoms with van der Waals surface area (Å²) in [6.07, 6.45) is -3.72. The molecule has 0 aromatic carbocycles. The standard InChI is InChI=1S/C11H20N2O2.C2HF3O2/c1-11(2)5-8(14)6-13(7-11)10(15)9-3-4-12-9;3-2(4,5)1(6)7/h8-9,12,14H,3-7H2,1-2H3;(H,6,7)/t8?,9-;/m1./s1. The predicted octanol–water partition coefficient (Wildman–Crippen LogP) is 0.601. The molecule has 2 aliphatic heterocycles. The van der Waals surface area contributed by atoms with Crippen molar-refractivity contribution < 1.29 is 33.0 Å². The van der Waals surface area contributed by atoms with Crippen LogP contribution in [-0.2, 0) is 9.59 Å². The van der Waals surface area contributed by atoms with Crippen LogP contribution in [0.25, 0.3) is 0 Å². The van der Waals surface area contributed by atoms with Gasteiger partial charge in [-0.15, -0.1) is 0 Å². The van der Waals surface area contributed by atoms with Crippen LogP contribution in [-0.4, -0.2) is 64.9 Å². The molecular weight excluding hydrogens is 305 g/mol. The van der Waals surface area contributed by atoms with Crippen LogP contribution >= 0.6 is 0 Å². The molecule has 6 nitrogen and oxygen atoms in total. The van der Waals surface area contributed by atoms with Crippen LogP contribution in [0.15, 0.2) is 0 Å². The second-order valence-electron chi connectivity index (χ2n) is 6.34. The van der Waals surface area contributed by atoms with Crippen molar-refractivity contribution in [2.45, 2.75) is 45.0 Å². The number of nitrogens with zero attached hydrogens (tertiary/aromatic N) is 1. The second kappa shape index (κ2) is 6.82. The lowest BCUT2D eigenvalue weighted by Gasteiger charge is -2.43. The fraction of sp³-hybridized carbons (Fsp3) is 0.846. The van der Waals surface area contributed by atoms with Crippen molar-refractivity contribution in [3.05, 3.63) is 0 Å². The first kappa shape index (κ1) is 18.7. The number of β-amino-alcohol motifs (C(OH)–C–C–N with tert-alkyl or cyclic N) is 1. The fourth-order valence-electron chi connectivity index (χ4n) is 2.49. The van der Waals surface area contributed by atoms with Gasteiger partial charge in [-0.2, -0.15) is 13.2 Å². The van der Waals surface area contributed by atoms with Gasteiger partial charge in [0.2, 0.25) is 5.91 Å². The van der Waals surface area contributed by atoms with E-state index in [4.69, 9.17) is 9.90 Å². The zero-order valence-electron chi connectivity index (χ0n) is 12.5. The van der Waals surface area contributed by atoms with E-state index in [0.29, 0.717) is 6.54 Å². The number of aliphatic hydroxyl groups excluding tert-OH is 1. The molecule has 2 rings (SSSR count). The van der Waals surface area contributed by atoms with Crippen molar-refractivity contribution in [1.29, 1.82) is 0 Å². The third-order valence-corrected chi connectivity index (χ3v) is 3.51. The van der Waals surface area contributed by atoms with Crippen LogP contribution < -0.4 is 5.32 Å². The summed E-state index contributed by atoms with van der Waals surface area (Å²) in [6, 6.07) is 0.00565. The number of nitrogens with one attached hydrogen (secondary N) is 1. The molecule has 2 aliphatic rings. The first-order valence-corrected chi connectivity index (χ1v) is 6.93. The van der Waals surface area contributed by atoms with Crippen molar-refractivity contribution in [3.8, 4) is 0 Å². The molecule has 0 aromatic heterocycles. The highest BCUT2D eigenvalue weighted by atomic mass is 19.4. The van der Waals surface area contributed by atoms with Gasteiger partial charge in [-0.05, 0) is 24.8 Å². The number of aliphatic hydroxyl groups is 1. The number of hydrogen-bond acceptors (Lipinski definition) is 4. The molecule has 2 heterocycles. The normalized spacial score (nSPS) is 27.3. The van der Waals surface area contributed by atoms with Crippen LogP contribution in [0.3, 0.4) is 0 Å². The maximum absolute atomic E-state index is 12.0. The number of rotatable bonds is 1. The summed E-state index contributed by atoms with van der Waals surface area (Å²) >= 11 is 0. The van der Waals surface area contributed by atoms with Gasteiger partial charge in [-0.25, -0.2) is 4.79 Å². The second-order valence-corrected chi connectivity index (χ2v) is 6.34. The van der Waals surface area contributed by atoms with Gasteiger partial charge in [-0.3, -0.25) is 4.79 Å². The summed E-state index contributed by atoms with van der Waals surface area (Å²) in [7, 11) is 0. The lowest BCUT2D eigenvalue weighted by Crippen LogP contribution is -2.59. The summed E-state index contributed by atoms with van der Waals surface area (Å²) in [5.74, 6) is -2.60. The van der Waals surface area contributed by atoms with Crippen molar-refractivity contribution >= 4 is 11.9 Å². The van der Waals surface area contributed by atoms with Gasteiger partial charge in [0, 0.05) is 13.1 Å². The summed E-state index contributed by atoms with van der Waals surface area (Å²) in [5.41, 5.74) is 0.0388. The molecule has 2 fully saturated rings. The van der Waals surface area contributed by atoms with Crippen LogP contribution in [0.1, 0.15) is 26.7 Å². The molecule has 0 spiro atoms. The maximum Gasteiger partial charge on any atom is 0.490 e. The lowest BCUT2D eigenvalue weighted by atomic mass is 9.82. The highest BCUT2D eigenvalue weighted by Gasteiger charge is 2.38. The van der Waals surface area contributed by atoms with Crippen molar-refractivity contribution in [2.75, 3.05) is 19.6 Å². The summed E-state index contributed by atoms with van der Waals surface area (Å²) in [5, 5.41) is 20.0. The minimum atomic E-state index is -5.08. The average molecular weight is 326 g/mol. The Labute approximate surface area is 126 Å². The van der Waals surface area contributed by atoms with E-state index in [1.54, 1.807) is 0 Å². The van der Waals surface area contributed by atoms with Crippen LogP contribution in [0.2, 0.25) is 0 Å². The number of likely N-dealkylation sites (tertiary alicyclic amines) is 1. The number of carbonyl (C=O) groups excluding carboxylic acids is 1. The molecular formula is C13H21F3N2O4. The number of amides is 1. The molecule has 22 heavy (non-hydrogen) atoms. The average Bonchev–Trinajstić information content (AvgIpc) is 2.22. The number of carbonyl (C=O) groups is 2. The SMILES string of the molecule is CC1(C)CC(O)CN(C(=O)[C@H]2CCN2)C1.O=C(O)C(F)(F)F. The highest BCUT2D eigenvalue weighted by molar-refractivity contribution is 5.83. The number of halogens is 3. The molecule has 2 saturated heterocycles. The zero-order chi connectivity index (χ0) is 17.1. The Morgan fingerprint density at radius 3 is 2.14 bits per heavy atom. The zero-order valence-corrected chi connectivity index (χ0v) is 12.5. The molecule has 0 aliphatic carbocycles. The van der Waals surface area contributed by atoms with E-state index < -0.39 is 12.1 Å². The molecule has 9 heteroatoms. The summed E-state index contributed by atoms with van der Waals surface area (Å²) < 4.78 is 31.7. The summed E-state index contributed by atoms with van der Waals surface area (Å²) in [4.78, 5) is 22.7. The first-order chi connectivity index (χ1) is 9.92. The van der Waals surface area contributed by atoms with Crippen molar-refractivity contribution in [1.82, 2.24) is 10.2 Å². The number of alkyl halides is 3. The number of hydrogen-bond donors (Lipinski definition) is 3. The third-order valence-electron chi connectivity index (χ3n) is 3.51. The van der Waals surface area contributed by atoms with E-state index in [9.17, 15) is 23.1 Å². The highest BCUT2D eigenvalue weighted by Crippen LogP contribution is 2.29. The predicted molar refractivity (Wildman–Crippen MR) is 71.1 cm³/mol. The minimum Gasteiger partial charge on any atom is -0.475 e. The van der Waals surface area contributed by atoms with Gasteiger partial charge in [0.25, 0.3) is 0 Å². The van der Waals surface area contributed by atoms with Crippen LogP contribution in [0.4, 0.5) is 13.2 Å². The first-order valence-electron chi connectivity index (χ1n) is 6.93. The van der Waals surface area contributed by atoms with Crippen molar-refractivity contribution in [2.24, 2.45) is 5.41 Å². The number of piperidine rings is 1. The molecule has 128 valence electrons. The third kappa shape index (κ3) is 5.45. The maximum atomic E-state index is 12.0. The Morgan fingerprint density at radius 1 is 1.32 bits per heavy atom. The van der Waals surface area contributed by atoms with E-state index in [2.05, 4.69) is 19.2 Å². The van der Waals surface area contributed by atoms with Gasteiger partial charge < -0.3 is 20.4 Å². The molecule has 0 saturated carbocycles. The van der Waals surface area contributed by atoms with E-state index in [0.717, 1.165) is 25.9 Å². The van der Waals surface area contributed by atoms with Gasteiger partial charge in [0.15, 0.2) is 0 Å².